The molecule has 3 unspecified atom stereocenters. The standard InChI is InChI=1S/C47H88NO9P/c1-3-5-7-9-11-13-15-17-19-20-21-22-23-24-25-26-28-30-32-34-36-38-40-54-41-44(42-55-58(52,53)56-43-45(48)47(50)51)57-46(49)39-37-35-33-31-29-27-18-16-14-12-10-8-6-4-2/h10,12,16,18,20-21,44-45H,3-9,11,13-15,17,19,22-43,48H2,1-2H3,(H,50,51)(H,52,53)/b12-10-,18-16-,21-20-. The highest BCUT2D eigenvalue weighted by molar-refractivity contribution is 7.47. The molecule has 340 valence electrons. The summed E-state index contributed by atoms with van der Waals surface area (Å²) in [5.74, 6) is -1.79. The molecule has 0 aliphatic heterocycles. The number of phosphoric ester groups is 1. The number of hydrogen-bond donors (Lipinski definition) is 3. The molecule has 0 aliphatic carbocycles. The van der Waals surface area contributed by atoms with E-state index in [4.69, 9.17) is 29.4 Å². The average molecular weight is 842 g/mol. The first kappa shape index (κ1) is 56.2. The molecule has 4 N–H and O–H groups in total. The van der Waals surface area contributed by atoms with Crippen LogP contribution in [0.2, 0.25) is 0 Å². The Morgan fingerprint density at radius 3 is 1.47 bits per heavy atom. The van der Waals surface area contributed by atoms with Crippen molar-refractivity contribution in [3.05, 3.63) is 36.5 Å². The van der Waals surface area contributed by atoms with Crippen molar-refractivity contribution >= 4 is 19.8 Å². The van der Waals surface area contributed by atoms with E-state index >= 15 is 0 Å². The van der Waals surface area contributed by atoms with Crippen LogP contribution in [0.3, 0.4) is 0 Å². The van der Waals surface area contributed by atoms with Gasteiger partial charge in [-0.25, -0.2) is 4.57 Å². The predicted molar refractivity (Wildman–Crippen MR) is 240 cm³/mol. The number of aliphatic carboxylic acids is 1. The topological polar surface area (TPSA) is 155 Å². The van der Waals surface area contributed by atoms with Gasteiger partial charge in [-0.15, -0.1) is 0 Å². The summed E-state index contributed by atoms with van der Waals surface area (Å²) in [5, 5.41) is 8.90. The van der Waals surface area contributed by atoms with Crippen molar-refractivity contribution in [2.45, 2.75) is 225 Å². The molecule has 0 amide bonds. The minimum atomic E-state index is -4.62. The van der Waals surface area contributed by atoms with Crippen LogP contribution in [-0.4, -0.2) is 60.5 Å². The Morgan fingerprint density at radius 1 is 0.552 bits per heavy atom. The van der Waals surface area contributed by atoms with Gasteiger partial charge in [0.25, 0.3) is 0 Å². The van der Waals surface area contributed by atoms with Gasteiger partial charge in [0.05, 0.1) is 19.8 Å². The van der Waals surface area contributed by atoms with Gasteiger partial charge in [-0.05, 0) is 64.2 Å². The molecular weight excluding hydrogens is 753 g/mol. The molecule has 0 aromatic rings. The van der Waals surface area contributed by atoms with Crippen molar-refractivity contribution in [2.24, 2.45) is 5.73 Å². The number of esters is 1. The Bertz CT molecular complexity index is 1070. The number of nitrogens with two attached hydrogens (primary N) is 1. The lowest BCUT2D eigenvalue weighted by atomic mass is 10.1. The lowest BCUT2D eigenvalue weighted by Gasteiger charge is -2.20. The molecule has 0 aromatic carbocycles. The van der Waals surface area contributed by atoms with Gasteiger partial charge in [-0.2, -0.15) is 0 Å². The second kappa shape index (κ2) is 43.3. The molecular formula is C47H88NO9P. The molecule has 0 spiro atoms. The summed E-state index contributed by atoms with van der Waals surface area (Å²) in [4.78, 5) is 33.6. The highest BCUT2D eigenvalue weighted by Crippen LogP contribution is 2.43. The van der Waals surface area contributed by atoms with Gasteiger partial charge in [0.2, 0.25) is 0 Å². The third-order valence-corrected chi connectivity index (χ3v) is 11.1. The summed E-state index contributed by atoms with van der Waals surface area (Å²) in [5.41, 5.74) is 5.36. The van der Waals surface area contributed by atoms with E-state index in [1.165, 1.54) is 122 Å². The van der Waals surface area contributed by atoms with E-state index < -0.39 is 45.1 Å². The second-order valence-electron chi connectivity index (χ2n) is 15.9. The molecule has 0 rings (SSSR count). The molecule has 0 bridgehead atoms. The van der Waals surface area contributed by atoms with E-state index in [2.05, 4.69) is 50.3 Å². The van der Waals surface area contributed by atoms with Gasteiger partial charge in [-0.3, -0.25) is 18.6 Å². The Hall–Kier alpha value is -1.81. The van der Waals surface area contributed by atoms with Crippen molar-refractivity contribution in [3.8, 4) is 0 Å². The summed E-state index contributed by atoms with van der Waals surface area (Å²) in [6.45, 7) is 3.84. The van der Waals surface area contributed by atoms with Crippen LogP contribution in [0, 0.1) is 0 Å². The molecule has 58 heavy (non-hydrogen) atoms. The van der Waals surface area contributed by atoms with Gasteiger partial charge >= 0.3 is 19.8 Å². The van der Waals surface area contributed by atoms with E-state index in [-0.39, 0.29) is 13.0 Å². The number of carboxylic acid groups (broad SMARTS) is 1. The monoisotopic (exact) mass is 842 g/mol. The number of carboxylic acids is 1. The minimum Gasteiger partial charge on any atom is -0.480 e. The summed E-state index contributed by atoms with van der Waals surface area (Å²) in [6.07, 6.45) is 49.1. The zero-order chi connectivity index (χ0) is 42.6. The lowest BCUT2D eigenvalue weighted by Crippen LogP contribution is -2.34. The normalized spacial score (nSPS) is 14.1. The van der Waals surface area contributed by atoms with Gasteiger partial charge in [0, 0.05) is 13.0 Å². The second-order valence-corrected chi connectivity index (χ2v) is 17.3. The van der Waals surface area contributed by atoms with E-state index in [1.807, 2.05) is 0 Å². The van der Waals surface area contributed by atoms with Gasteiger partial charge < -0.3 is 25.2 Å². The van der Waals surface area contributed by atoms with E-state index in [0.29, 0.717) is 13.0 Å². The van der Waals surface area contributed by atoms with Crippen molar-refractivity contribution in [1.29, 1.82) is 0 Å². The van der Waals surface area contributed by atoms with Crippen molar-refractivity contribution in [3.63, 3.8) is 0 Å². The van der Waals surface area contributed by atoms with Crippen LogP contribution in [0.1, 0.15) is 213 Å². The molecule has 0 aliphatic rings. The van der Waals surface area contributed by atoms with Crippen LogP contribution < -0.4 is 5.73 Å². The summed E-state index contributed by atoms with van der Waals surface area (Å²) in [6, 6.07) is -1.48. The molecule has 0 saturated carbocycles. The first-order valence-electron chi connectivity index (χ1n) is 23.5. The van der Waals surface area contributed by atoms with Gasteiger partial charge in [-0.1, -0.05) is 179 Å². The third kappa shape index (κ3) is 42.3. The molecule has 3 atom stereocenters. The van der Waals surface area contributed by atoms with Crippen LogP contribution in [0.25, 0.3) is 0 Å². The van der Waals surface area contributed by atoms with E-state index in [0.717, 1.165) is 64.2 Å². The fourth-order valence-electron chi connectivity index (χ4n) is 6.44. The maximum absolute atomic E-state index is 12.6. The molecule has 0 aromatic heterocycles. The highest BCUT2D eigenvalue weighted by Gasteiger charge is 2.27. The molecule has 0 fully saturated rings. The predicted octanol–water partition coefficient (Wildman–Crippen LogP) is 13.3. The first-order valence-corrected chi connectivity index (χ1v) is 25.0. The summed E-state index contributed by atoms with van der Waals surface area (Å²) >= 11 is 0. The van der Waals surface area contributed by atoms with Crippen molar-refractivity contribution < 1.29 is 42.7 Å². The number of ether oxygens (including phenoxy) is 2. The smallest absolute Gasteiger partial charge is 0.472 e. The highest BCUT2D eigenvalue weighted by atomic mass is 31.2. The molecule has 11 heteroatoms. The van der Waals surface area contributed by atoms with Crippen LogP contribution in [-0.2, 0) is 32.7 Å². The van der Waals surface area contributed by atoms with E-state index in [1.54, 1.807) is 0 Å². The number of carbonyl (C=O) groups excluding carboxylic acids is 1. The molecule has 0 radical (unpaired) electrons. The quantitative estimate of drug-likeness (QED) is 0.0233. The Kier molecular flexibility index (Phi) is 41.9. The largest absolute Gasteiger partial charge is 0.480 e. The number of unbranched alkanes of at least 4 members (excludes halogenated alkanes) is 25. The number of phosphoric acid groups is 1. The maximum atomic E-state index is 12.6. The summed E-state index contributed by atoms with van der Waals surface area (Å²) < 4.78 is 33.4. The fraction of sp³-hybridized carbons (Fsp3) is 0.830. The van der Waals surface area contributed by atoms with Gasteiger partial charge in [0.1, 0.15) is 12.1 Å². The first-order chi connectivity index (χ1) is 28.2. The van der Waals surface area contributed by atoms with Gasteiger partial charge in [0.15, 0.2) is 0 Å². The third-order valence-electron chi connectivity index (χ3n) is 10.1. The SMILES string of the molecule is CCCC/C=C\C/C=C\CCCCCCCC(=O)OC(COCCCCCCCCCCCC/C=C\CCCCCCCCCC)COP(=O)(O)OCC(N)C(=O)O. The van der Waals surface area contributed by atoms with Crippen LogP contribution in [0.5, 0.6) is 0 Å². The molecule has 10 nitrogen and oxygen atoms in total. The maximum Gasteiger partial charge on any atom is 0.472 e. The fourth-order valence-corrected chi connectivity index (χ4v) is 7.22. The van der Waals surface area contributed by atoms with Crippen LogP contribution in [0.4, 0.5) is 0 Å². The number of rotatable bonds is 45. The Labute approximate surface area is 355 Å². The minimum absolute atomic E-state index is 0.0114. The zero-order valence-corrected chi connectivity index (χ0v) is 38.0. The van der Waals surface area contributed by atoms with Crippen LogP contribution in [0.15, 0.2) is 36.5 Å². The van der Waals surface area contributed by atoms with E-state index in [9.17, 15) is 19.0 Å². The number of allylic oxidation sites excluding steroid dienone is 6. The number of hydrogen-bond acceptors (Lipinski definition) is 8. The number of carbonyl (C=O) groups is 2. The Balaban J connectivity index is 4.15. The van der Waals surface area contributed by atoms with Crippen molar-refractivity contribution in [1.82, 2.24) is 0 Å². The molecule has 0 heterocycles. The van der Waals surface area contributed by atoms with Crippen LogP contribution >= 0.6 is 7.82 Å². The zero-order valence-electron chi connectivity index (χ0n) is 37.1. The molecule has 0 saturated heterocycles. The van der Waals surface area contributed by atoms with Crippen molar-refractivity contribution in [2.75, 3.05) is 26.4 Å². The lowest BCUT2D eigenvalue weighted by molar-refractivity contribution is -0.154. The summed E-state index contributed by atoms with van der Waals surface area (Å²) in [7, 11) is -4.62. The Morgan fingerprint density at radius 2 is 0.966 bits per heavy atom. The average Bonchev–Trinajstić information content (AvgIpc) is 3.20.